The molecule has 3 aromatic rings. The number of alkyl carbamates (subject to hydrolysis) is 1. The van der Waals surface area contributed by atoms with Crippen LogP contribution in [-0.2, 0) is 17.9 Å². The lowest BCUT2D eigenvalue weighted by molar-refractivity contribution is 0.139. The van der Waals surface area contributed by atoms with E-state index in [1.165, 1.54) is 4.68 Å². The lowest BCUT2D eigenvalue weighted by Gasteiger charge is -2.08. The molecule has 0 aliphatic carbocycles. The molecule has 0 saturated carbocycles. The van der Waals surface area contributed by atoms with Crippen LogP contribution in [0, 0.1) is 0 Å². The number of amides is 1. The summed E-state index contributed by atoms with van der Waals surface area (Å²) in [5, 5.41) is 14.2. The average molecular weight is 339 g/mol. The zero-order valence-electron chi connectivity index (χ0n) is 13.6. The first-order valence-electron chi connectivity index (χ1n) is 7.62. The van der Waals surface area contributed by atoms with Crippen LogP contribution in [0.4, 0.5) is 4.79 Å². The molecule has 0 bridgehead atoms. The summed E-state index contributed by atoms with van der Waals surface area (Å²) < 4.78 is 11.8. The topological polar surface area (TPSA) is 91.2 Å². The summed E-state index contributed by atoms with van der Waals surface area (Å²) >= 11 is 0. The van der Waals surface area contributed by atoms with E-state index in [9.17, 15) is 4.79 Å². The maximum absolute atomic E-state index is 11.8. The number of tetrazole rings is 1. The molecule has 128 valence electrons. The van der Waals surface area contributed by atoms with Gasteiger partial charge in [-0.15, -0.1) is 5.10 Å². The normalized spacial score (nSPS) is 10.3. The van der Waals surface area contributed by atoms with Gasteiger partial charge in [0.05, 0.1) is 19.3 Å². The predicted molar refractivity (Wildman–Crippen MR) is 89.2 cm³/mol. The van der Waals surface area contributed by atoms with Gasteiger partial charge in [-0.05, 0) is 40.3 Å². The average Bonchev–Trinajstić information content (AvgIpc) is 3.14. The fraction of sp³-hybridized carbons (Fsp3) is 0.176. The van der Waals surface area contributed by atoms with Crippen molar-refractivity contribution in [2.24, 2.45) is 0 Å². The summed E-state index contributed by atoms with van der Waals surface area (Å²) in [4.78, 5) is 11.8. The van der Waals surface area contributed by atoms with E-state index in [0.717, 1.165) is 17.0 Å². The first-order valence-corrected chi connectivity index (χ1v) is 7.62. The number of carbonyl (C=O) groups is 1. The molecule has 1 aromatic heterocycles. The third-order valence-corrected chi connectivity index (χ3v) is 3.45. The SMILES string of the molecule is COc1ccc(-n2nnnc2CNC(=O)OCc2ccccc2)cc1. The largest absolute Gasteiger partial charge is 0.497 e. The van der Waals surface area contributed by atoms with Gasteiger partial charge in [0.1, 0.15) is 12.4 Å². The number of hydrogen-bond donors (Lipinski definition) is 1. The standard InChI is InChI=1S/C17H17N5O3/c1-24-15-9-7-14(8-10-15)22-16(19-20-21-22)11-18-17(23)25-12-13-5-3-2-4-6-13/h2-10H,11-12H2,1H3,(H,18,23). The van der Waals surface area contributed by atoms with Gasteiger partial charge in [-0.25, -0.2) is 4.79 Å². The number of benzene rings is 2. The Labute approximate surface area is 144 Å². The highest BCUT2D eigenvalue weighted by molar-refractivity contribution is 5.67. The maximum Gasteiger partial charge on any atom is 0.407 e. The zero-order valence-corrected chi connectivity index (χ0v) is 13.6. The van der Waals surface area contributed by atoms with E-state index < -0.39 is 6.09 Å². The number of carbonyl (C=O) groups excluding carboxylic acids is 1. The second-order valence-corrected chi connectivity index (χ2v) is 5.12. The van der Waals surface area contributed by atoms with Crippen LogP contribution in [0.1, 0.15) is 11.4 Å². The molecule has 0 radical (unpaired) electrons. The third kappa shape index (κ3) is 4.31. The molecule has 2 aromatic carbocycles. The molecule has 25 heavy (non-hydrogen) atoms. The molecule has 1 amide bonds. The van der Waals surface area contributed by atoms with Crippen LogP contribution < -0.4 is 10.1 Å². The van der Waals surface area contributed by atoms with Crippen LogP contribution in [0.2, 0.25) is 0 Å². The highest BCUT2D eigenvalue weighted by Crippen LogP contribution is 2.14. The van der Waals surface area contributed by atoms with Crippen molar-refractivity contribution in [2.75, 3.05) is 7.11 Å². The van der Waals surface area contributed by atoms with E-state index in [1.54, 1.807) is 7.11 Å². The van der Waals surface area contributed by atoms with Crippen LogP contribution in [0.3, 0.4) is 0 Å². The number of methoxy groups -OCH3 is 1. The minimum Gasteiger partial charge on any atom is -0.497 e. The van der Waals surface area contributed by atoms with E-state index in [4.69, 9.17) is 9.47 Å². The van der Waals surface area contributed by atoms with Crippen molar-refractivity contribution in [2.45, 2.75) is 13.2 Å². The van der Waals surface area contributed by atoms with E-state index in [0.29, 0.717) is 5.82 Å². The predicted octanol–water partition coefficient (Wildman–Crippen LogP) is 2.10. The van der Waals surface area contributed by atoms with E-state index in [-0.39, 0.29) is 13.2 Å². The quantitative estimate of drug-likeness (QED) is 0.739. The molecule has 0 fully saturated rings. The minimum atomic E-state index is -0.534. The molecule has 0 saturated heterocycles. The highest BCUT2D eigenvalue weighted by Gasteiger charge is 2.10. The minimum absolute atomic E-state index is 0.145. The Morgan fingerprint density at radius 2 is 1.88 bits per heavy atom. The van der Waals surface area contributed by atoms with Gasteiger partial charge in [-0.3, -0.25) is 0 Å². The zero-order chi connectivity index (χ0) is 17.5. The van der Waals surface area contributed by atoms with Crippen molar-refractivity contribution < 1.29 is 14.3 Å². The van der Waals surface area contributed by atoms with Gasteiger partial charge in [0.25, 0.3) is 0 Å². The van der Waals surface area contributed by atoms with Crippen molar-refractivity contribution in [3.63, 3.8) is 0 Å². The monoisotopic (exact) mass is 339 g/mol. The summed E-state index contributed by atoms with van der Waals surface area (Å²) in [6, 6.07) is 16.7. The van der Waals surface area contributed by atoms with Crippen molar-refractivity contribution in [3.05, 3.63) is 66.0 Å². The van der Waals surface area contributed by atoms with E-state index in [2.05, 4.69) is 20.8 Å². The maximum atomic E-state index is 11.8. The third-order valence-electron chi connectivity index (χ3n) is 3.45. The fourth-order valence-electron chi connectivity index (χ4n) is 2.17. The smallest absolute Gasteiger partial charge is 0.407 e. The number of nitrogens with one attached hydrogen (secondary N) is 1. The van der Waals surface area contributed by atoms with Gasteiger partial charge >= 0.3 is 6.09 Å². The molecule has 0 spiro atoms. The van der Waals surface area contributed by atoms with Gasteiger partial charge in [-0.2, -0.15) is 4.68 Å². The van der Waals surface area contributed by atoms with Crippen LogP contribution in [0.25, 0.3) is 5.69 Å². The second-order valence-electron chi connectivity index (χ2n) is 5.12. The van der Waals surface area contributed by atoms with Crippen LogP contribution in [0.5, 0.6) is 5.75 Å². The Morgan fingerprint density at radius 3 is 2.60 bits per heavy atom. The van der Waals surface area contributed by atoms with Gasteiger partial charge in [0.2, 0.25) is 0 Å². The Balaban J connectivity index is 1.56. The van der Waals surface area contributed by atoms with Gasteiger partial charge in [0.15, 0.2) is 5.82 Å². The molecule has 0 aliphatic rings. The van der Waals surface area contributed by atoms with Crippen molar-refractivity contribution in [1.29, 1.82) is 0 Å². The van der Waals surface area contributed by atoms with Crippen molar-refractivity contribution in [1.82, 2.24) is 25.5 Å². The molecule has 8 heteroatoms. The first-order chi connectivity index (χ1) is 12.3. The molecule has 1 heterocycles. The van der Waals surface area contributed by atoms with Crippen molar-refractivity contribution >= 4 is 6.09 Å². The van der Waals surface area contributed by atoms with Gasteiger partial charge < -0.3 is 14.8 Å². The van der Waals surface area contributed by atoms with E-state index in [1.807, 2.05) is 54.6 Å². The lowest BCUT2D eigenvalue weighted by atomic mass is 10.2. The summed E-state index contributed by atoms with van der Waals surface area (Å²) in [5.41, 5.74) is 1.68. The highest BCUT2D eigenvalue weighted by atomic mass is 16.5. The van der Waals surface area contributed by atoms with Crippen LogP contribution in [-0.4, -0.2) is 33.4 Å². The molecule has 0 atom stereocenters. The molecule has 3 rings (SSSR count). The summed E-state index contributed by atoms with van der Waals surface area (Å²) in [7, 11) is 1.60. The Bertz CT molecular complexity index is 818. The lowest BCUT2D eigenvalue weighted by Crippen LogP contribution is -2.25. The number of rotatable bonds is 6. The second kappa shape index (κ2) is 7.91. The Kier molecular flexibility index (Phi) is 5.20. The summed E-state index contributed by atoms with van der Waals surface area (Å²) in [6.07, 6.45) is -0.534. The summed E-state index contributed by atoms with van der Waals surface area (Å²) in [5.74, 6) is 1.22. The number of nitrogens with zero attached hydrogens (tertiary/aromatic N) is 4. The Hall–Kier alpha value is -3.42. The van der Waals surface area contributed by atoms with Crippen molar-refractivity contribution in [3.8, 4) is 11.4 Å². The van der Waals surface area contributed by atoms with Crippen LogP contribution >= 0.6 is 0 Å². The molecule has 0 aliphatic heterocycles. The molecular weight excluding hydrogens is 322 g/mol. The molecular formula is C17H17N5O3. The Morgan fingerprint density at radius 1 is 1.12 bits per heavy atom. The molecule has 1 N–H and O–H groups in total. The van der Waals surface area contributed by atoms with Gasteiger partial charge in [0, 0.05) is 0 Å². The summed E-state index contributed by atoms with van der Waals surface area (Å²) in [6.45, 7) is 0.350. The number of ether oxygens (including phenoxy) is 2. The number of aromatic nitrogens is 4. The number of hydrogen-bond acceptors (Lipinski definition) is 6. The molecule has 8 nitrogen and oxygen atoms in total. The van der Waals surface area contributed by atoms with E-state index >= 15 is 0 Å². The first kappa shape index (κ1) is 16.4. The van der Waals surface area contributed by atoms with Crippen LogP contribution in [0.15, 0.2) is 54.6 Å². The van der Waals surface area contributed by atoms with Gasteiger partial charge in [-0.1, -0.05) is 30.3 Å². The fourth-order valence-corrected chi connectivity index (χ4v) is 2.17. The molecule has 0 unspecified atom stereocenters.